The second-order valence-corrected chi connectivity index (χ2v) is 2.74. The van der Waals surface area contributed by atoms with Gasteiger partial charge in [0.1, 0.15) is 5.56 Å². The third-order valence-corrected chi connectivity index (χ3v) is 1.70. The molecule has 4 nitrogen and oxygen atoms in total. The first-order chi connectivity index (χ1) is 6.06. The monoisotopic (exact) mass is 181 g/mol. The molecule has 1 aromatic rings. The van der Waals surface area contributed by atoms with Gasteiger partial charge in [0.05, 0.1) is 12.8 Å². The second kappa shape index (κ2) is 3.43. The zero-order valence-electron chi connectivity index (χ0n) is 7.79. The lowest BCUT2D eigenvalue weighted by molar-refractivity contribution is 0.0597. The number of rotatable bonds is 1. The van der Waals surface area contributed by atoms with Crippen molar-refractivity contribution in [2.45, 2.75) is 13.8 Å². The van der Waals surface area contributed by atoms with Gasteiger partial charge in [0, 0.05) is 5.69 Å². The van der Waals surface area contributed by atoms with Crippen molar-refractivity contribution in [2.24, 2.45) is 0 Å². The van der Waals surface area contributed by atoms with Crippen LogP contribution in [0.5, 0.6) is 5.75 Å². The molecule has 13 heavy (non-hydrogen) atoms. The van der Waals surface area contributed by atoms with E-state index in [0.29, 0.717) is 11.4 Å². The molecular formula is C9H11NO3. The molecule has 0 bridgehead atoms. The molecule has 1 rings (SSSR count). The number of ether oxygens (including phenoxy) is 1. The van der Waals surface area contributed by atoms with Crippen LogP contribution in [0.2, 0.25) is 0 Å². The van der Waals surface area contributed by atoms with Gasteiger partial charge in [-0.3, -0.25) is 4.98 Å². The smallest absolute Gasteiger partial charge is 0.341 e. The molecule has 0 spiro atoms. The van der Waals surface area contributed by atoms with Crippen LogP contribution in [0, 0.1) is 13.8 Å². The Morgan fingerprint density at radius 1 is 1.54 bits per heavy atom. The van der Waals surface area contributed by atoms with Crippen LogP contribution in [0.15, 0.2) is 6.07 Å². The van der Waals surface area contributed by atoms with E-state index >= 15 is 0 Å². The largest absolute Gasteiger partial charge is 0.505 e. The van der Waals surface area contributed by atoms with E-state index in [0.717, 1.165) is 0 Å². The van der Waals surface area contributed by atoms with E-state index in [4.69, 9.17) is 0 Å². The predicted octanol–water partition coefficient (Wildman–Crippen LogP) is 1.19. The van der Waals surface area contributed by atoms with E-state index in [2.05, 4.69) is 9.72 Å². The summed E-state index contributed by atoms with van der Waals surface area (Å²) in [5.41, 5.74) is 1.27. The van der Waals surface area contributed by atoms with Gasteiger partial charge in [-0.1, -0.05) is 0 Å². The van der Waals surface area contributed by atoms with E-state index in [-0.39, 0.29) is 11.3 Å². The van der Waals surface area contributed by atoms with E-state index in [1.165, 1.54) is 13.2 Å². The molecule has 1 heterocycles. The summed E-state index contributed by atoms with van der Waals surface area (Å²) in [5, 5.41) is 9.46. The van der Waals surface area contributed by atoms with Crippen LogP contribution in [-0.4, -0.2) is 23.2 Å². The molecule has 0 aliphatic rings. The number of aromatic hydroxyl groups is 1. The number of hydrogen-bond acceptors (Lipinski definition) is 4. The SMILES string of the molecule is COC(=O)c1cc(C)nc(C)c1O. The van der Waals surface area contributed by atoms with Crippen LogP contribution in [0.4, 0.5) is 0 Å². The zero-order valence-corrected chi connectivity index (χ0v) is 7.79. The van der Waals surface area contributed by atoms with Gasteiger partial charge in [-0.25, -0.2) is 4.79 Å². The van der Waals surface area contributed by atoms with Crippen LogP contribution < -0.4 is 0 Å². The number of methoxy groups -OCH3 is 1. The van der Waals surface area contributed by atoms with E-state index in [1.54, 1.807) is 13.8 Å². The van der Waals surface area contributed by atoms with Crippen molar-refractivity contribution >= 4 is 5.97 Å². The summed E-state index contributed by atoms with van der Waals surface area (Å²) in [6.07, 6.45) is 0. The second-order valence-electron chi connectivity index (χ2n) is 2.74. The molecule has 0 aliphatic carbocycles. The summed E-state index contributed by atoms with van der Waals surface area (Å²) in [6.45, 7) is 3.38. The highest BCUT2D eigenvalue weighted by Crippen LogP contribution is 2.21. The standard InChI is InChI=1S/C9H11NO3/c1-5-4-7(9(12)13-3)8(11)6(2)10-5/h4,11H,1-3H3. The normalized spacial score (nSPS) is 9.77. The number of carbonyl (C=O) groups is 1. The minimum absolute atomic E-state index is 0.113. The summed E-state index contributed by atoms with van der Waals surface area (Å²) in [5.74, 6) is -0.663. The summed E-state index contributed by atoms with van der Waals surface area (Å²) in [7, 11) is 1.27. The van der Waals surface area contributed by atoms with Crippen LogP contribution in [-0.2, 0) is 4.74 Å². The topological polar surface area (TPSA) is 59.4 Å². The fraction of sp³-hybridized carbons (Fsp3) is 0.333. The lowest BCUT2D eigenvalue weighted by Crippen LogP contribution is -2.04. The Kier molecular flexibility index (Phi) is 2.51. The van der Waals surface area contributed by atoms with Crippen LogP contribution in [0.1, 0.15) is 21.7 Å². The quantitative estimate of drug-likeness (QED) is 0.661. The van der Waals surface area contributed by atoms with Gasteiger partial charge in [-0.15, -0.1) is 0 Å². The van der Waals surface area contributed by atoms with Gasteiger partial charge >= 0.3 is 5.97 Å². The van der Waals surface area contributed by atoms with Gasteiger partial charge in [0.25, 0.3) is 0 Å². The average molecular weight is 181 g/mol. The number of aromatic nitrogens is 1. The van der Waals surface area contributed by atoms with E-state index < -0.39 is 5.97 Å². The maximum Gasteiger partial charge on any atom is 0.341 e. The van der Waals surface area contributed by atoms with Gasteiger partial charge in [0.15, 0.2) is 5.75 Å². The predicted molar refractivity (Wildman–Crippen MR) is 46.7 cm³/mol. The number of pyridine rings is 1. The maximum atomic E-state index is 11.1. The van der Waals surface area contributed by atoms with E-state index in [9.17, 15) is 9.90 Å². The molecule has 0 aromatic carbocycles. The third-order valence-electron chi connectivity index (χ3n) is 1.70. The Balaban J connectivity index is 3.28. The molecule has 0 saturated heterocycles. The minimum atomic E-state index is -0.550. The van der Waals surface area contributed by atoms with Crippen molar-refractivity contribution < 1.29 is 14.6 Å². The molecule has 0 saturated carbocycles. The van der Waals surface area contributed by atoms with Crippen molar-refractivity contribution in [3.05, 3.63) is 23.0 Å². The molecule has 0 radical (unpaired) electrons. The zero-order chi connectivity index (χ0) is 10.0. The number of hydrogen-bond donors (Lipinski definition) is 1. The van der Waals surface area contributed by atoms with Crippen molar-refractivity contribution in [1.29, 1.82) is 0 Å². The highest BCUT2D eigenvalue weighted by Gasteiger charge is 2.14. The summed E-state index contributed by atoms with van der Waals surface area (Å²) < 4.78 is 4.50. The number of nitrogens with zero attached hydrogens (tertiary/aromatic N) is 1. The molecule has 4 heteroatoms. The number of carbonyl (C=O) groups excluding carboxylic acids is 1. The Labute approximate surface area is 76.2 Å². The molecule has 0 amide bonds. The summed E-state index contributed by atoms with van der Waals surface area (Å²) in [6, 6.07) is 1.49. The Morgan fingerprint density at radius 2 is 2.15 bits per heavy atom. The first-order valence-corrected chi connectivity index (χ1v) is 3.81. The molecule has 0 aliphatic heterocycles. The minimum Gasteiger partial charge on any atom is -0.505 e. The van der Waals surface area contributed by atoms with Gasteiger partial charge in [0.2, 0.25) is 0 Å². The molecule has 70 valence electrons. The van der Waals surface area contributed by atoms with Crippen molar-refractivity contribution in [2.75, 3.05) is 7.11 Å². The number of esters is 1. The summed E-state index contributed by atoms with van der Waals surface area (Å²) >= 11 is 0. The van der Waals surface area contributed by atoms with Gasteiger partial charge in [-0.2, -0.15) is 0 Å². The van der Waals surface area contributed by atoms with Gasteiger partial charge in [-0.05, 0) is 19.9 Å². The van der Waals surface area contributed by atoms with Crippen LogP contribution in [0.25, 0.3) is 0 Å². The third kappa shape index (κ3) is 1.77. The highest BCUT2D eigenvalue weighted by atomic mass is 16.5. The van der Waals surface area contributed by atoms with Crippen LogP contribution >= 0.6 is 0 Å². The Hall–Kier alpha value is -1.58. The van der Waals surface area contributed by atoms with Gasteiger partial charge < -0.3 is 9.84 Å². The lowest BCUT2D eigenvalue weighted by Gasteiger charge is -2.05. The summed E-state index contributed by atoms with van der Waals surface area (Å²) in [4.78, 5) is 15.1. The fourth-order valence-electron chi connectivity index (χ4n) is 1.09. The van der Waals surface area contributed by atoms with Crippen molar-refractivity contribution in [1.82, 2.24) is 4.98 Å². The molecule has 0 atom stereocenters. The molecule has 1 N–H and O–H groups in total. The van der Waals surface area contributed by atoms with Crippen LogP contribution in [0.3, 0.4) is 0 Å². The molecule has 0 unspecified atom stereocenters. The van der Waals surface area contributed by atoms with Crippen molar-refractivity contribution in [3.8, 4) is 5.75 Å². The first kappa shape index (κ1) is 9.51. The van der Waals surface area contributed by atoms with E-state index in [1.807, 2.05) is 0 Å². The highest BCUT2D eigenvalue weighted by molar-refractivity contribution is 5.92. The fourth-order valence-corrected chi connectivity index (χ4v) is 1.09. The molecule has 0 fully saturated rings. The average Bonchev–Trinajstić information content (AvgIpc) is 2.10. The maximum absolute atomic E-state index is 11.1. The number of aryl methyl sites for hydroxylation is 2. The first-order valence-electron chi connectivity index (χ1n) is 3.81. The van der Waals surface area contributed by atoms with Crippen molar-refractivity contribution in [3.63, 3.8) is 0 Å². The molecule has 1 aromatic heterocycles. The Morgan fingerprint density at radius 3 is 2.69 bits per heavy atom. The Bertz CT molecular complexity index is 347. The molecular weight excluding hydrogens is 170 g/mol. The lowest BCUT2D eigenvalue weighted by atomic mass is 10.2.